The fraction of sp³-hybridized carbons (Fsp3) is 1.00. The van der Waals surface area contributed by atoms with Gasteiger partial charge in [-0.15, -0.1) is 0 Å². The molecule has 2 fully saturated rings. The number of rotatable bonds is 0. The summed E-state index contributed by atoms with van der Waals surface area (Å²) in [7, 11) is 0. The molecular formula is C8H16N2. The zero-order chi connectivity index (χ0) is 6.81. The molecule has 0 aromatic carbocycles. The SMILES string of the molecule is C1CNC2CCCNC2C1. The Kier molecular flexibility index (Phi) is 1.91. The Labute approximate surface area is 62.4 Å². The van der Waals surface area contributed by atoms with Gasteiger partial charge in [0, 0.05) is 12.1 Å². The Morgan fingerprint density at radius 1 is 0.800 bits per heavy atom. The molecule has 0 saturated carbocycles. The highest BCUT2D eigenvalue weighted by Gasteiger charge is 2.26. The lowest BCUT2D eigenvalue weighted by Crippen LogP contribution is -2.54. The van der Waals surface area contributed by atoms with Crippen LogP contribution in [-0.2, 0) is 0 Å². The highest BCUT2D eigenvalue weighted by atomic mass is 15.0. The number of fused-ring (bicyclic) bond motifs is 1. The second kappa shape index (κ2) is 2.89. The normalized spacial score (nSPS) is 40.8. The van der Waals surface area contributed by atoms with Crippen molar-refractivity contribution in [3.63, 3.8) is 0 Å². The minimum Gasteiger partial charge on any atom is -0.312 e. The fourth-order valence-electron chi connectivity index (χ4n) is 2.11. The molecule has 2 rings (SSSR count). The van der Waals surface area contributed by atoms with Crippen molar-refractivity contribution in [3.8, 4) is 0 Å². The molecule has 2 nitrogen and oxygen atoms in total. The summed E-state index contributed by atoms with van der Waals surface area (Å²) in [5.41, 5.74) is 0. The summed E-state index contributed by atoms with van der Waals surface area (Å²) in [5, 5.41) is 7.12. The zero-order valence-electron chi connectivity index (χ0n) is 6.40. The van der Waals surface area contributed by atoms with Crippen molar-refractivity contribution >= 4 is 0 Å². The molecule has 2 heterocycles. The smallest absolute Gasteiger partial charge is 0.0221 e. The van der Waals surface area contributed by atoms with E-state index < -0.39 is 0 Å². The van der Waals surface area contributed by atoms with Gasteiger partial charge in [0.25, 0.3) is 0 Å². The van der Waals surface area contributed by atoms with Gasteiger partial charge in [0.2, 0.25) is 0 Å². The molecule has 0 spiro atoms. The van der Waals surface area contributed by atoms with E-state index in [1.54, 1.807) is 0 Å². The standard InChI is InChI=1S/C8H16N2/c1-3-7-8(9-5-1)4-2-6-10-7/h7-10H,1-6H2. The minimum absolute atomic E-state index is 0.794. The van der Waals surface area contributed by atoms with Crippen molar-refractivity contribution in [2.75, 3.05) is 13.1 Å². The van der Waals surface area contributed by atoms with Gasteiger partial charge in [-0.25, -0.2) is 0 Å². The third-order valence-electron chi connectivity index (χ3n) is 2.68. The van der Waals surface area contributed by atoms with Crippen LogP contribution >= 0.6 is 0 Å². The van der Waals surface area contributed by atoms with Crippen LogP contribution in [0.3, 0.4) is 0 Å². The van der Waals surface area contributed by atoms with Crippen molar-refractivity contribution in [1.29, 1.82) is 0 Å². The molecule has 0 bridgehead atoms. The predicted molar refractivity (Wildman–Crippen MR) is 42.0 cm³/mol. The Balaban J connectivity index is 1.93. The third kappa shape index (κ3) is 1.18. The van der Waals surface area contributed by atoms with E-state index in [1.807, 2.05) is 0 Å². The Morgan fingerprint density at radius 2 is 1.30 bits per heavy atom. The molecule has 2 aliphatic rings. The molecule has 2 atom stereocenters. The van der Waals surface area contributed by atoms with Gasteiger partial charge in [-0.3, -0.25) is 0 Å². The summed E-state index contributed by atoms with van der Waals surface area (Å²) in [6, 6.07) is 1.59. The van der Waals surface area contributed by atoms with Gasteiger partial charge in [-0.1, -0.05) is 0 Å². The first-order valence-corrected chi connectivity index (χ1v) is 4.43. The first-order valence-electron chi connectivity index (χ1n) is 4.43. The lowest BCUT2D eigenvalue weighted by Gasteiger charge is -2.37. The van der Waals surface area contributed by atoms with E-state index >= 15 is 0 Å². The van der Waals surface area contributed by atoms with Crippen LogP contribution in [0.25, 0.3) is 0 Å². The lowest BCUT2D eigenvalue weighted by molar-refractivity contribution is 0.251. The van der Waals surface area contributed by atoms with Gasteiger partial charge >= 0.3 is 0 Å². The summed E-state index contributed by atoms with van der Waals surface area (Å²) in [4.78, 5) is 0. The maximum Gasteiger partial charge on any atom is 0.0221 e. The van der Waals surface area contributed by atoms with Gasteiger partial charge in [-0.2, -0.15) is 0 Å². The summed E-state index contributed by atoms with van der Waals surface area (Å²) in [6.07, 6.45) is 5.48. The van der Waals surface area contributed by atoms with E-state index in [0.717, 1.165) is 12.1 Å². The van der Waals surface area contributed by atoms with Crippen LogP contribution in [0.2, 0.25) is 0 Å². The first-order chi connectivity index (χ1) is 4.97. The average molecular weight is 140 g/mol. The van der Waals surface area contributed by atoms with E-state index in [4.69, 9.17) is 0 Å². The molecule has 2 saturated heterocycles. The van der Waals surface area contributed by atoms with Crippen LogP contribution in [-0.4, -0.2) is 25.2 Å². The molecule has 2 N–H and O–H groups in total. The maximum atomic E-state index is 3.56. The van der Waals surface area contributed by atoms with Gasteiger partial charge < -0.3 is 10.6 Å². The third-order valence-corrected chi connectivity index (χ3v) is 2.68. The second-order valence-corrected chi connectivity index (χ2v) is 3.41. The van der Waals surface area contributed by atoms with Crippen molar-refractivity contribution in [2.45, 2.75) is 37.8 Å². The van der Waals surface area contributed by atoms with E-state index in [-0.39, 0.29) is 0 Å². The van der Waals surface area contributed by atoms with Gasteiger partial charge in [0.1, 0.15) is 0 Å². The monoisotopic (exact) mass is 140 g/mol. The summed E-state index contributed by atoms with van der Waals surface area (Å²) in [6.45, 7) is 2.48. The highest BCUT2D eigenvalue weighted by molar-refractivity contribution is 4.89. The van der Waals surface area contributed by atoms with Crippen LogP contribution in [0.4, 0.5) is 0 Å². The Morgan fingerprint density at radius 3 is 1.80 bits per heavy atom. The number of piperidine rings is 2. The van der Waals surface area contributed by atoms with Crippen molar-refractivity contribution < 1.29 is 0 Å². The fourth-order valence-corrected chi connectivity index (χ4v) is 2.11. The number of nitrogens with one attached hydrogen (secondary N) is 2. The summed E-state index contributed by atoms with van der Waals surface area (Å²) >= 11 is 0. The molecule has 0 aliphatic carbocycles. The molecule has 0 aromatic rings. The average Bonchev–Trinajstić information content (AvgIpc) is 2.05. The minimum atomic E-state index is 0.794. The molecule has 2 heteroatoms. The summed E-state index contributed by atoms with van der Waals surface area (Å²) < 4.78 is 0. The van der Waals surface area contributed by atoms with Crippen LogP contribution in [0, 0.1) is 0 Å². The van der Waals surface area contributed by atoms with Crippen LogP contribution < -0.4 is 10.6 Å². The molecule has 2 aliphatic heterocycles. The molecular weight excluding hydrogens is 124 g/mol. The molecule has 10 heavy (non-hydrogen) atoms. The zero-order valence-corrected chi connectivity index (χ0v) is 6.40. The van der Waals surface area contributed by atoms with E-state index in [2.05, 4.69) is 10.6 Å². The molecule has 58 valence electrons. The van der Waals surface area contributed by atoms with E-state index in [0.29, 0.717) is 0 Å². The lowest BCUT2D eigenvalue weighted by atomic mass is 9.92. The van der Waals surface area contributed by atoms with E-state index in [1.165, 1.54) is 38.8 Å². The number of hydrogen-bond donors (Lipinski definition) is 2. The van der Waals surface area contributed by atoms with Crippen molar-refractivity contribution in [1.82, 2.24) is 10.6 Å². The molecule has 0 amide bonds. The molecule has 0 radical (unpaired) electrons. The quantitative estimate of drug-likeness (QED) is 0.511. The Hall–Kier alpha value is -0.0800. The molecule has 0 aromatic heterocycles. The van der Waals surface area contributed by atoms with Crippen molar-refractivity contribution in [2.24, 2.45) is 0 Å². The van der Waals surface area contributed by atoms with Gasteiger partial charge in [0.15, 0.2) is 0 Å². The summed E-state index contributed by atoms with van der Waals surface area (Å²) in [5.74, 6) is 0. The van der Waals surface area contributed by atoms with Crippen LogP contribution in [0.5, 0.6) is 0 Å². The second-order valence-electron chi connectivity index (χ2n) is 3.41. The van der Waals surface area contributed by atoms with Crippen molar-refractivity contribution in [3.05, 3.63) is 0 Å². The highest BCUT2D eigenvalue weighted by Crippen LogP contribution is 2.16. The van der Waals surface area contributed by atoms with Crippen LogP contribution in [0.1, 0.15) is 25.7 Å². The van der Waals surface area contributed by atoms with Gasteiger partial charge in [0.05, 0.1) is 0 Å². The predicted octanol–water partition coefficient (Wildman–Crippen LogP) is 0.490. The number of hydrogen-bond acceptors (Lipinski definition) is 2. The van der Waals surface area contributed by atoms with E-state index in [9.17, 15) is 0 Å². The maximum absolute atomic E-state index is 3.56. The topological polar surface area (TPSA) is 24.1 Å². The van der Waals surface area contributed by atoms with Crippen LogP contribution in [0.15, 0.2) is 0 Å². The largest absolute Gasteiger partial charge is 0.312 e. The van der Waals surface area contributed by atoms with Gasteiger partial charge in [-0.05, 0) is 38.8 Å². The first kappa shape index (κ1) is 6.62. The Bertz CT molecular complexity index is 87.8. The molecule has 2 unspecified atom stereocenters.